The van der Waals surface area contributed by atoms with Gasteiger partial charge in [0.2, 0.25) is 0 Å². The normalized spacial score (nSPS) is 9.83. The van der Waals surface area contributed by atoms with Gasteiger partial charge in [-0.05, 0) is 24.6 Å². The molecule has 66 valence electrons. The Balaban J connectivity index is 2.72. The van der Waals surface area contributed by atoms with Crippen molar-refractivity contribution in [3.05, 3.63) is 23.8 Å². The second-order valence-electron chi connectivity index (χ2n) is 2.54. The van der Waals surface area contributed by atoms with Gasteiger partial charge in [0.15, 0.2) is 11.5 Å². The highest BCUT2D eigenvalue weighted by molar-refractivity contribution is 5.41. The molecule has 3 heteroatoms. The van der Waals surface area contributed by atoms with Crippen LogP contribution < -0.4 is 4.74 Å². The number of hydrogen-bond acceptors (Lipinski definition) is 3. The van der Waals surface area contributed by atoms with Crippen LogP contribution >= 0.6 is 0 Å². The first-order chi connectivity index (χ1) is 5.74. The molecule has 0 spiro atoms. The number of aliphatic hydroxyl groups is 1. The molecule has 0 saturated carbocycles. The summed E-state index contributed by atoms with van der Waals surface area (Å²) in [5.74, 6) is 0.526. The molecule has 0 aliphatic carbocycles. The molecule has 0 radical (unpaired) electrons. The van der Waals surface area contributed by atoms with E-state index in [1.807, 2.05) is 13.0 Å². The van der Waals surface area contributed by atoms with E-state index in [9.17, 15) is 5.11 Å². The number of phenols is 1. The first kappa shape index (κ1) is 8.87. The highest BCUT2D eigenvalue weighted by Crippen LogP contribution is 2.25. The van der Waals surface area contributed by atoms with Crippen molar-refractivity contribution in [2.75, 3.05) is 13.2 Å². The molecule has 0 heterocycles. The van der Waals surface area contributed by atoms with Gasteiger partial charge < -0.3 is 14.9 Å². The molecule has 0 amide bonds. The minimum Gasteiger partial charge on any atom is -0.504 e. The zero-order valence-electron chi connectivity index (χ0n) is 6.95. The zero-order valence-corrected chi connectivity index (χ0v) is 6.95. The molecule has 0 saturated heterocycles. The van der Waals surface area contributed by atoms with Gasteiger partial charge in [-0.25, -0.2) is 0 Å². The van der Waals surface area contributed by atoms with Crippen molar-refractivity contribution in [1.29, 1.82) is 0 Å². The Kier molecular flexibility index (Phi) is 2.94. The number of ether oxygens (including phenoxy) is 1. The van der Waals surface area contributed by atoms with Crippen LogP contribution in [-0.4, -0.2) is 23.4 Å². The lowest BCUT2D eigenvalue weighted by Gasteiger charge is -2.06. The largest absolute Gasteiger partial charge is 0.504 e. The molecule has 3 nitrogen and oxygen atoms in total. The summed E-state index contributed by atoms with van der Waals surface area (Å²) >= 11 is 0. The molecule has 0 aliphatic heterocycles. The van der Waals surface area contributed by atoms with E-state index in [1.54, 1.807) is 12.1 Å². The van der Waals surface area contributed by atoms with Crippen molar-refractivity contribution >= 4 is 0 Å². The van der Waals surface area contributed by atoms with Crippen molar-refractivity contribution in [3.8, 4) is 11.5 Å². The van der Waals surface area contributed by atoms with E-state index in [1.165, 1.54) is 0 Å². The van der Waals surface area contributed by atoms with Gasteiger partial charge in [-0.3, -0.25) is 0 Å². The monoisotopic (exact) mass is 168 g/mol. The highest BCUT2D eigenvalue weighted by atomic mass is 16.5. The van der Waals surface area contributed by atoms with E-state index in [2.05, 4.69) is 0 Å². The summed E-state index contributed by atoms with van der Waals surface area (Å²) in [7, 11) is 0. The van der Waals surface area contributed by atoms with Crippen LogP contribution in [0, 0.1) is 6.92 Å². The summed E-state index contributed by atoms with van der Waals surface area (Å²) in [6.45, 7) is 2.04. The minimum atomic E-state index is -0.0483. The molecular weight excluding hydrogens is 156 g/mol. The molecule has 12 heavy (non-hydrogen) atoms. The van der Waals surface area contributed by atoms with Crippen LogP contribution in [0.3, 0.4) is 0 Å². The first-order valence-corrected chi connectivity index (χ1v) is 3.77. The second-order valence-corrected chi connectivity index (χ2v) is 2.54. The van der Waals surface area contributed by atoms with Crippen LogP contribution in [0.2, 0.25) is 0 Å². The smallest absolute Gasteiger partial charge is 0.161 e. The number of hydrogen-bond donors (Lipinski definition) is 2. The van der Waals surface area contributed by atoms with Gasteiger partial charge in [-0.15, -0.1) is 0 Å². The zero-order chi connectivity index (χ0) is 8.97. The molecule has 1 aromatic rings. The predicted molar refractivity (Wildman–Crippen MR) is 45.4 cm³/mol. The molecule has 0 atom stereocenters. The lowest BCUT2D eigenvalue weighted by atomic mass is 10.2. The summed E-state index contributed by atoms with van der Waals surface area (Å²) in [5.41, 5.74) is 0.976. The lowest BCUT2D eigenvalue weighted by molar-refractivity contribution is 0.197. The van der Waals surface area contributed by atoms with Crippen LogP contribution in [0.15, 0.2) is 18.2 Å². The Hall–Kier alpha value is -1.22. The standard InChI is InChI=1S/C9H12O3/c1-7-2-3-9(8(11)6-7)12-5-4-10/h2-3,6,10-11H,4-5H2,1H3. The fourth-order valence-corrected chi connectivity index (χ4v) is 0.905. The quantitative estimate of drug-likeness (QED) is 0.709. The van der Waals surface area contributed by atoms with Crippen molar-refractivity contribution in [3.63, 3.8) is 0 Å². The molecule has 1 aromatic carbocycles. The summed E-state index contributed by atoms with van der Waals surface area (Å²) in [6.07, 6.45) is 0. The van der Waals surface area contributed by atoms with Gasteiger partial charge in [0.1, 0.15) is 6.61 Å². The third-order valence-electron chi connectivity index (χ3n) is 1.46. The summed E-state index contributed by atoms with van der Waals surface area (Å²) in [4.78, 5) is 0. The van der Waals surface area contributed by atoms with Gasteiger partial charge in [0.25, 0.3) is 0 Å². The number of rotatable bonds is 3. The number of phenolic OH excluding ortho intramolecular Hbond substituents is 1. The fourth-order valence-electron chi connectivity index (χ4n) is 0.905. The average molecular weight is 168 g/mol. The van der Waals surface area contributed by atoms with Gasteiger partial charge in [-0.1, -0.05) is 6.07 Å². The molecule has 0 bridgehead atoms. The average Bonchev–Trinajstić information content (AvgIpc) is 2.03. The second kappa shape index (κ2) is 3.97. The van der Waals surface area contributed by atoms with E-state index in [-0.39, 0.29) is 19.0 Å². The van der Waals surface area contributed by atoms with E-state index >= 15 is 0 Å². The molecule has 0 unspecified atom stereocenters. The van der Waals surface area contributed by atoms with Gasteiger partial charge in [-0.2, -0.15) is 0 Å². The van der Waals surface area contributed by atoms with E-state index in [4.69, 9.17) is 9.84 Å². The van der Waals surface area contributed by atoms with Crippen LogP contribution in [0.1, 0.15) is 5.56 Å². The predicted octanol–water partition coefficient (Wildman–Crippen LogP) is 1.07. The molecular formula is C9H12O3. The Bertz CT molecular complexity index is 258. The van der Waals surface area contributed by atoms with E-state index < -0.39 is 0 Å². The van der Waals surface area contributed by atoms with Crippen molar-refractivity contribution in [2.45, 2.75) is 6.92 Å². The van der Waals surface area contributed by atoms with Crippen LogP contribution in [-0.2, 0) is 0 Å². The summed E-state index contributed by atoms with van der Waals surface area (Å²) in [5, 5.41) is 17.8. The van der Waals surface area contributed by atoms with Gasteiger partial charge in [0, 0.05) is 0 Å². The highest BCUT2D eigenvalue weighted by Gasteiger charge is 2.00. The number of aromatic hydroxyl groups is 1. The minimum absolute atomic E-state index is 0.0483. The topological polar surface area (TPSA) is 49.7 Å². The molecule has 0 aromatic heterocycles. The summed E-state index contributed by atoms with van der Waals surface area (Å²) in [6, 6.07) is 5.14. The lowest BCUT2D eigenvalue weighted by Crippen LogP contribution is -2.01. The molecule has 0 fully saturated rings. The third kappa shape index (κ3) is 2.13. The first-order valence-electron chi connectivity index (χ1n) is 3.77. The van der Waals surface area contributed by atoms with Crippen molar-refractivity contribution < 1.29 is 14.9 Å². The maximum atomic E-state index is 9.31. The van der Waals surface area contributed by atoms with Crippen LogP contribution in [0.5, 0.6) is 11.5 Å². The number of aliphatic hydroxyl groups excluding tert-OH is 1. The van der Waals surface area contributed by atoms with E-state index in [0.29, 0.717) is 5.75 Å². The number of aryl methyl sites for hydroxylation is 1. The van der Waals surface area contributed by atoms with Crippen molar-refractivity contribution in [2.24, 2.45) is 0 Å². The van der Waals surface area contributed by atoms with Gasteiger partial charge >= 0.3 is 0 Å². The molecule has 2 N–H and O–H groups in total. The molecule has 0 aliphatic rings. The maximum absolute atomic E-state index is 9.31. The Morgan fingerprint density at radius 3 is 2.75 bits per heavy atom. The summed E-state index contributed by atoms with van der Waals surface area (Å²) < 4.78 is 5.04. The van der Waals surface area contributed by atoms with E-state index in [0.717, 1.165) is 5.56 Å². The Labute approximate surface area is 71.2 Å². The molecule has 1 rings (SSSR count). The Morgan fingerprint density at radius 1 is 1.42 bits per heavy atom. The third-order valence-corrected chi connectivity index (χ3v) is 1.46. The number of benzene rings is 1. The van der Waals surface area contributed by atoms with Crippen molar-refractivity contribution in [1.82, 2.24) is 0 Å². The van der Waals surface area contributed by atoms with Gasteiger partial charge in [0.05, 0.1) is 6.61 Å². The van der Waals surface area contributed by atoms with Crippen LogP contribution in [0.25, 0.3) is 0 Å². The SMILES string of the molecule is Cc1ccc(OCCO)c(O)c1. The maximum Gasteiger partial charge on any atom is 0.161 e. The Morgan fingerprint density at radius 2 is 2.17 bits per heavy atom. The van der Waals surface area contributed by atoms with Crippen LogP contribution in [0.4, 0.5) is 0 Å². The fraction of sp³-hybridized carbons (Fsp3) is 0.333.